The van der Waals surface area contributed by atoms with Gasteiger partial charge in [-0.25, -0.2) is 0 Å². The van der Waals surface area contributed by atoms with E-state index in [2.05, 4.69) is 17.4 Å². The van der Waals surface area contributed by atoms with Gasteiger partial charge < -0.3 is 16.2 Å². The van der Waals surface area contributed by atoms with Crippen molar-refractivity contribution >= 4 is 0 Å². The summed E-state index contributed by atoms with van der Waals surface area (Å²) in [6.07, 6.45) is 0. The maximum Gasteiger partial charge on any atom is 0.121 e. The zero-order valence-corrected chi connectivity index (χ0v) is 10.7. The summed E-state index contributed by atoms with van der Waals surface area (Å²) in [5, 5.41) is 14.4. The Morgan fingerprint density at radius 3 is 2.53 bits per heavy atom. The zero-order valence-electron chi connectivity index (χ0n) is 10.7. The average molecular weight is 254 g/mol. The molecule has 0 radical (unpaired) electrons. The molecular formula is C16H18N2O. The van der Waals surface area contributed by atoms with E-state index in [4.69, 9.17) is 5.73 Å². The van der Waals surface area contributed by atoms with E-state index in [1.807, 2.05) is 42.5 Å². The summed E-state index contributed by atoms with van der Waals surface area (Å²) in [4.78, 5) is 0. The van der Waals surface area contributed by atoms with Crippen molar-refractivity contribution in [3.63, 3.8) is 0 Å². The van der Waals surface area contributed by atoms with Crippen molar-refractivity contribution in [2.75, 3.05) is 6.54 Å². The fourth-order valence-electron chi connectivity index (χ4n) is 2.85. The van der Waals surface area contributed by atoms with Crippen LogP contribution in [0.3, 0.4) is 0 Å². The zero-order chi connectivity index (χ0) is 13.3. The molecule has 0 amide bonds. The molecule has 1 heterocycles. The molecule has 0 fully saturated rings. The first kappa shape index (κ1) is 12.4. The standard InChI is InChI=1S/C16H18N2O/c17-11-16(19,13-7-2-1-3-8-13)15-14-9-5-4-6-12(14)10-18-15/h1-9,15,18-19H,10-11,17H2. The molecule has 1 aliphatic heterocycles. The van der Waals surface area contributed by atoms with E-state index in [1.54, 1.807) is 0 Å². The number of hydrogen-bond donors (Lipinski definition) is 3. The Kier molecular flexibility index (Phi) is 3.11. The normalized spacial score (nSPS) is 20.8. The minimum atomic E-state index is -1.08. The third kappa shape index (κ3) is 1.96. The quantitative estimate of drug-likeness (QED) is 0.781. The highest BCUT2D eigenvalue weighted by molar-refractivity contribution is 5.39. The van der Waals surface area contributed by atoms with Crippen molar-refractivity contribution in [1.82, 2.24) is 5.32 Å². The van der Waals surface area contributed by atoms with Crippen molar-refractivity contribution in [2.24, 2.45) is 5.73 Å². The van der Waals surface area contributed by atoms with Crippen molar-refractivity contribution in [3.8, 4) is 0 Å². The molecule has 98 valence electrons. The van der Waals surface area contributed by atoms with E-state index in [0.717, 1.165) is 17.7 Å². The number of benzene rings is 2. The van der Waals surface area contributed by atoms with Gasteiger partial charge in [0.1, 0.15) is 5.60 Å². The lowest BCUT2D eigenvalue weighted by molar-refractivity contribution is 0.00751. The molecule has 0 saturated carbocycles. The summed E-state index contributed by atoms with van der Waals surface area (Å²) in [6, 6.07) is 17.7. The van der Waals surface area contributed by atoms with Gasteiger partial charge in [0.2, 0.25) is 0 Å². The number of aliphatic hydroxyl groups is 1. The van der Waals surface area contributed by atoms with E-state index in [0.29, 0.717) is 0 Å². The van der Waals surface area contributed by atoms with E-state index in [-0.39, 0.29) is 12.6 Å². The first-order valence-corrected chi connectivity index (χ1v) is 6.55. The Labute approximate surface area is 113 Å². The molecule has 2 unspecified atom stereocenters. The van der Waals surface area contributed by atoms with Crippen LogP contribution in [-0.4, -0.2) is 11.7 Å². The third-order valence-corrected chi connectivity index (χ3v) is 3.93. The Balaban J connectivity index is 2.05. The maximum absolute atomic E-state index is 11.1. The number of nitrogens with one attached hydrogen (secondary N) is 1. The molecular weight excluding hydrogens is 236 g/mol. The van der Waals surface area contributed by atoms with E-state index < -0.39 is 5.60 Å². The predicted molar refractivity (Wildman–Crippen MR) is 75.4 cm³/mol. The summed E-state index contributed by atoms with van der Waals surface area (Å²) in [5.74, 6) is 0. The van der Waals surface area contributed by atoms with Crippen LogP contribution in [0, 0.1) is 0 Å². The molecule has 19 heavy (non-hydrogen) atoms. The van der Waals surface area contributed by atoms with Gasteiger partial charge in [0.05, 0.1) is 6.04 Å². The molecule has 2 aromatic carbocycles. The number of nitrogens with two attached hydrogens (primary N) is 1. The van der Waals surface area contributed by atoms with Gasteiger partial charge in [-0.05, 0) is 16.7 Å². The summed E-state index contributed by atoms with van der Waals surface area (Å²) in [5.41, 5.74) is 8.03. The fourth-order valence-corrected chi connectivity index (χ4v) is 2.85. The van der Waals surface area contributed by atoms with Gasteiger partial charge in [0, 0.05) is 13.1 Å². The van der Waals surface area contributed by atoms with Crippen LogP contribution < -0.4 is 11.1 Å². The lowest BCUT2D eigenvalue weighted by atomic mass is 9.83. The molecule has 0 aromatic heterocycles. The van der Waals surface area contributed by atoms with Crippen molar-refractivity contribution in [3.05, 3.63) is 71.3 Å². The molecule has 3 nitrogen and oxygen atoms in total. The summed E-state index contributed by atoms with van der Waals surface area (Å²) >= 11 is 0. The van der Waals surface area contributed by atoms with Crippen LogP contribution in [0.25, 0.3) is 0 Å². The van der Waals surface area contributed by atoms with E-state index in [9.17, 15) is 5.11 Å². The van der Waals surface area contributed by atoms with Gasteiger partial charge in [0.25, 0.3) is 0 Å². The molecule has 2 aromatic rings. The van der Waals surface area contributed by atoms with Crippen LogP contribution in [-0.2, 0) is 12.1 Å². The Morgan fingerprint density at radius 2 is 1.79 bits per heavy atom. The van der Waals surface area contributed by atoms with Crippen LogP contribution >= 0.6 is 0 Å². The van der Waals surface area contributed by atoms with Gasteiger partial charge in [-0.3, -0.25) is 0 Å². The van der Waals surface area contributed by atoms with Crippen molar-refractivity contribution in [2.45, 2.75) is 18.2 Å². The lowest BCUT2D eigenvalue weighted by Gasteiger charge is -2.34. The largest absolute Gasteiger partial charge is 0.382 e. The summed E-state index contributed by atoms with van der Waals surface area (Å²) in [7, 11) is 0. The summed E-state index contributed by atoms with van der Waals surface area (Å²) in [6.45, 7) is 0.957. The number of fused-ring (bicyclic) bond motifs is 1. The predicted octanol–water partition coefficient (Wildman–Crippen LogP) is 1.68. The van der Waals surface area contributed by atoms with Gasteiger partial charge in [0.15, 0.2) is 0 Å². The topological polar surface area (TPSA) is 58.3 Å². The van der Waals surface area contributed by atoms with Crippen LogP contribution in [0.2, 0.25) is 0 Å². The Morgan fingerprint density at radius 1 is 1.11 bits per heavy atom. The SMILES string of the molecule is NCC(O)(c1ccccc1)C1NCc2ccccc21. The van der Waals surface area contributed by atoms with Crippen LogP contribution in [0.4, 0.5) is 0 Å². The van der Waals surface area contributed by atoms with E-state index in [1.165, 1.54) is 5.56 Å². The molecule has 0 aliphatic carbocycles. The highest BCUT2D eigenvalue weighted by Crippen LogP contribution is 2.39. The van der Waals surface area contributed by atoms with Crippen LogP contribution in [0.5, 0.6) is 0 Å². The van der Waals surface area contributed by atoms with Crippen molar-refractivity contribution in [1.29, 1.82) is 0 Å². The summed E-state index contributed by atoms with van der Waals surface area (Å²) < 4.78 is 0. The molecule has 4 N–H and O–H groups in total. The van der Waals surface area contributed by atoms with Gasteiger partial charge in [-0.15, -0.1) is 0 Å². The number of hydrogen-bond acceptors (Lipinski definition) is 3. The highest BCUT2D eigenvalue weighted by atomic mass is 16.3. The van der Waals surface area contributed by atoms with Crippen molar-refractivity contribution < 1.29 is 5.11 Å². The molecule has 3 heteroatoms. The first-order chi connectivity index (χ1) is 9.25. The number of rotatable bonds is 3. The molecule has 0 bridgehead atoms. The highest BCUT2D eigenvalue weighted by Gasteiger charge is 2.41. The average Bonchev–Trinajstić information content (AvgIpc) is 2.92. The molecule has 3 rings (SSSR count). The van der Waals surface area contributed by atoms with Gasteiger partial charge in [-0.1, -0.05) is 54.6 Å². The van der Waals surface area contributed by atoms with E-state index >= 15 is 0 Å². The van der Waals surface area contributed by atoms with Gasteiger partial charge >= 0.3 is 0 Å². The monoisotopic (exact) mass is 254 g/mol. The molecule has 0 saturated heterocycles. The second kappa shape index (κ2) is 4.78. The molecule has 1 aliphatic rings. The maximum atomic E-state index is 11.1. The third-order valence-electron chi connectivity index (χ3n) is 3.93. The second-order valence-electron chi connectivity index (χ2n) is 5.01. The molecule has 0 spiro atoms. The minimum absolute atomic E-state index is 0.156. The second-order valence-corrected chi connectivity index (χ2v) is 5.01. The lowest BCUT2D eigenvalue weighted by Crippen LogP contribution is -2.44. The first-order valence-electron chi connectivity index (χ1n) is 6.55. The Hall–Kier alpha value is -1.68. The molecule has 2 atom stereocenters. The fraction of sp³-hybridized carbons (Fsp3) is 0.250. The van der Waals surface area contributed by atoms with Crippen LogP contribution in [0.1, 0.15) is 22.7 Å². The smallest absolute Gasteiger partial charge is 0.121 e. The minimum Gasteiger partial charge on any atom is -0.382 e. The van der Waals surface area contributed by atoms with Crippen LogP contribution in [0.15, 0.2) is 54.6 Å². The Bertz CT molecular complexity index is 570. The van der Waals surface area contributed by atoms with Gasteiger partial charge in [-0.2, -0.15) is 0 Å².